The third kappa shape index (κ3) is 4.53. The second-order valence-electron chi connectivity index (χ2n) is 7.26. The maximum atomic E-state index is 12.8. The van der Waals surface area contributed by atoms with Crippen LogP contribution in [0.15, 0.2) is 47.1 Å². The number of methoxy groups -OCH3 is 1. The zero-order chi connectivity index (χ0) is 21.1. The van der Waals surface area contributed by atoms with Crippen LogP contribution in [0.5, 0.6) is 0 Å². The molecule has 10 heteroatoms. The molecule has 0 unspecified atom stereocenters. The molecule has 1 aliphatic rings. The lowest BCUT2D eigenvalue weighted by Crippen LogP contribution is -2.26. The van der Waals surface area contributed by atoms with Crippen molar-refractivity contribution in [2.75, 3.05) is 17.6 Å². The summed E-state index contributed by atoms with van der Waals surface area (Å²) < 4.78 is 41.1. The number of hydrogen-bond donors (Lipinski definition) is 1. The van der Waals surface area contributed by atoms with Gasteiger partial charge in [0.2, 0.25) is 21.8 Å². The standard InChI is InChI=1S/C20H23ClN4O4S/c1-28-17-5-2-4-16(17)25-19(18-6-3-12-29-18)22-23-20(25)24-30(26,27)13-11-14-7-9-15(21)10-8-14/h3,6-10,12,16-17H,2,4-5,11,13H2,1H3,(H,23,24)/t16-,17-/m0/s1. The largest absolute Gasteiger partial charge is 0.461 e. The molecule has 1 fully saturated rings. The lowest BCUT2D eigenvalue weighted by molar-refractivity contribution is 0.0759. The molecule has 2 atom stereocenters. The maximum absolute atomic E-state index is 12.8. The van der Waals surface area contributed by atoms with Gasteiger partial charge in [0.15, 0.2) is 5.76 Å². The van der Waals surface area contributed by atoms with Crippen molar-refractivity contribution in [2.24, 2.45) is 0 Å². The van der Waals surface area contributed by atoms with E-state index in [-0.39, 0.29) is 23.8 Å². The fourth-order valence-corrected chi connectivity index (χ4v) is 4.97. The highest BCUT2D eigenvalue weighted by molar-refractivity contribution is 7.92. The number of aryl methyl sites for hydroxylation is 1. The van der Waals surface area contributed by atoms with Crippen LogP contribution in [0.25, 0.3) is 11.6 Å². The molecule has 30 heavy (non-hydrogen) atoms. The van der Waals surface area contributed by atoms with Crippen LogP contribution in [0, 0.1) is 0 Å². The number of anilines is 1. The van der Waals surface area contributed by atoms with Gasteiger partial charge in [-0.15, -0.1) is 10.2 Å². The van der Waals surface area contributed by atoms with Crippen molar-refractivity contribution in [3.8, 4) is 11.6 Å². The Hall–Kier alpha value is -2.36. The average molecular weight is 451 g/mol. The van der Waals surface area contributed by atoms with E-state index in [1.165, 1.54) is 0 Å². The van der Waals surface area contributed by atoms with E-state index in [4.69, 9.17) is 20.8 Å². The highest BCUT2D eigenvalue weighted by Crippen LogP contribution is 2.37. The van der Waals surface area contributed by atoms with Crippen LogP contribution in [0.3, 0.4) is 0 Å². The summed E-state index contributed by atoms with van der Waals surface area (Å²) in [6.07, 6.45) is 4.56. The summed E-state index contributed by atoms with van der Waals surface area (Å²) in [5.74, 6) is 1.09. The van der Waals surface area contributed by atoms with E-state index in [9.17, 15) is 8.42 Å². The summed E-state index contributed by atoms with van der Waals surface area (Å²) in [6, 6.07) is 10.6. The first kappa shape index (κ1) is 20.9. The summed E-state index contributed by atoms with van der Waals surface area (Å²) in [5.41, 5.74) is 0.887. The quantitative estimate of drug-likeness (QED) is 0.558. The first-order valence-electron chi connectivity index (χ1n) is 9.73. The Kier molecular flexibility index (Phi) is 6.12. The smallest absolute Gasteiger partial charge is 0.239 e. The topological polar surface area (TPSA) is 99.2 Å². The monoisotopic (exact) mass is 450 g/mol. The summed E-state index contributed by atoms with van der Waals surface area (Å²) >= 11 is 5.89. The van der Waals surface area contributed by atoms with Crippen molar-refractivity contribution in [3.05, 3.63) is 53.2 Å². The van der Waals surface area contributed by atoms with Gasteiger partial charge in [0, 0.05) is 12.1 Å². The lowest BCUT2D eigenvalue weighted by Gasteiger charge is -2.22. The van der Waals surface area contributed by atoms with Crippen molar-refractivity contribution in [2.45, 2.75) is 37.8 Å². The van der Waals surface area contributed by atoms with Crippen LogP contribution in [-0.4, -0.2) is 42.1 Å². The molecule has 0 amide bonds. The maximum Gasteiger partial charge on any atom is 0.239 e. The van der Waals surface area contributed by atoms with Crippen molar-refractivity contribution in [1.82, 2.24) is 14.8 Å². The Morgan fingerprint density at radius 1 is 1.23 bits per heavy atom. The molecular formula is C20H23ClN4O4S. The molecule has 8 nitrogen and oxygen atoms in total. The van der Waals surface area contributed by atoms with E-state index in [2.05, 4.69) is 14.9 Å². The Morgan fingerprint density at radius 3 is 2.73 bits per heavy atom. The first-order chi connectivity index (χ1) is 14.5. The number of nitrogens with zero attached hydrogens (tertiary/aromatic N) is 3. The van der Waals surface area contributed by atoms with Crippen molar-refractivity contribution in [3.63, 3.8) is 0 Å². The number of ether oxygens (including phenoxy) is 1. The first-order valence-corrected chi connectivity index (χ1v) is 11.8. The van der Waals surface area contributed by atoms with Crippen LogP contribution in [-0.2, 0) is 21.2 Å². The molecule has 2 aromatic heterocycles. The van der Waals surface area contributed by atoms with Gasteiger partial charge in [-0.05, 0) is 55.5 Å². The van der Waals surface area contributed by atoms with Crippen molar-refractivity contribution < 1.29 is 17.6 Å². The normalized spacial score (nSPS) is 19.3. The highest BCUT2D eigenvalue weighted by Gasteiger charge is 2.34. The Balaban J connectivity index is 1.59. The van der Waals surface area contributed by atoms with Gasteiger partial charge in [-0.1, -0.05) is 23.7 Å². The average Bonchev–Trinajstić information content (AvgIpc) is 3.47. The highest BCUT2D eigenvalue weighted by atomic mass is 35.5. The van der Waals surface area contributed by atoms with Gasteiger partial charge in [0.1, 0.15) is 0 Å². The molecule has 0 spiro atoms. The molecule has 3 aromatic rings. The molecule has 2 heterocycles. The van der Waals surface area contributed by atoms with Gasteiger partial charge in [-0.25, -0.2) is 8.42 Å². The minimum Gasteiger partial charge on any atom is -0.461 e. The Morgan fingerprint density at radius 2 is 2.03 bits per heavy atom. The fourth-order valence-electron chi connectivity index (χ4n) is 3.82. The number of sulfonamides is 1. The molecule has 160 valence electrons. The van der Waals surface area contributed by atoms with Crippen LogP contribution >= 0.6 is 11.6 Å². The second kappa shape index (κ2) is 8.79. The van der Waals surface area contributed by atoms with Gasteiger partial charge < -0.3 is 9.15 Å². The summed E-state index contributed by atoms with van der Waals surface area (Å²) in [4.78, 5) is 0. The van der Waals surface area contributed by atoms with Gasteiger partial charge >= 0.3 is 0 Å². The van der Waals surface area contributed by atoms with Gasteiger partial charge in [-0.2, -0.15) is 0 Å². The number of hydrogen-bond acceptors (Lipinski definition) is 6. The third-order valence-electron chi connectivity index (χ3n) is 5.31. The fraction of sp³-hybridized carbons (Fsp3) is 0.400. The molecule has 1 aromatic carbocycles. The summed E-state index contributed by atoms with van der Waals surface area (Å²) in [6.45, 7) is 0. The molecule has 4 rings (SSSR count). The number of halogens is 1. The Labute approximate surface area is 180 Å². The van der Waals surface area contributed by atoms with E-state index < -0.39 is 10.0 Å². The van der Waals surface area contributed by atoms with Crippen LogP contribution in [0.1, 0.15) is 30.9 Å². The van der Waals surface area contributed by atoms with E-state index >= 15 is 0 Å². The van der Waals surface area contributed by atoms with Gasteiger partial charge in [0.05, 0.1) is 24.2 Å². The van der Waals surface area contributed by atoms with E-state index in [1.54, 1.807) is 42.2 Å². The number of nitrogens with one attached hydrogen (secondary N) is 1. The molecule has 0 saturated heterocycles. The molecule has 0 bridgehead atoms. The predicted octanol–water partition coefficient (Wildman–Crippen LogP) is 3.92. The van der Waals surface area contributed by atoms with Crippen LogP contribution < -0.4 is 4.72 Å². The molecule has 0 aliphatic heterocycles. The summed E-state index contributed by atoms with van der Waals surface area (Å²) in [5, 5.41) is 8.95. The predicted molar refractivity (Wildman–Crippen MR) is 114 cm³/mol. The number of rotatable bonds is 8. The zero-order valence-corrected chi connectivity index (χ0v) is 18.1. The van der Waals surface area contributed by atoms with E-state index in [0.29, 0.717) is 23.0 Å². The third-order valence-corrected chi connectivity index (χ3v) is 6.80. The van der Waals surface area contributed by atoms with Crippen molar-refractivity contribution in [1.29, 1.82) is 0 Å². The number of benzene rings is 1. The molecule has 0 radical (unpaired) electrons. The number of furan rings is 1. The lowest BCUT2D eigenvalue weighted by atomic mass is 10.2. The Bertz CT molecular complexity index is 1080. The minimum absolute atomic E-state index is 0.0490. The zero-order valence-electron chi connectivity index (χ0n) is 16.5. The summed E-state index contributed by atoms with van der Waals surface area (Å²) in [7, 11) is -1.99. The van der Waals surface area contributed by atoms with Crippen LogP contribution in [0.2, 0.25) is 5.02 Å². The SMILES string of the molecule is CO[C@H]1CCC[C@@H]1n1c(NS(=O)(=O)CCc2ccc(Cl)cc2)nnc1-c1ccco1. The number of aromatic nitrogens is 3. The van der Waals surface area contributed by atoms with E-state index in [0.717, 1.165) is 24.8 Å². The minimum atomic E-state index is -3.65. The molecule has 1 aliphatic carbocycles. The molecule has 1 saturated carbocycles. The van der Waals surface area contributed by atoms with Crippen LogP contribution in [0.4, 0.5) is 5.95 Å². The van der Waals surface area contributed by atoms with E-state index in [1.807, 2.05) is 12.1 Å². The second-order valence-corrected chi connectivity index (χ2v) is 9.54. The van der Waals surface area contributed by atoms with Crippen molar-refractivity contribution >= 4 is 27.6 Å². The van der Waals surface area contributed by atoms with Gasteiger partial charge in [0.25, 0.3) is 0 Å². The molecule has 1 N–H and O–H groups in total. The van der Waals surface area contributed by atoms with Gasteiger partial charge in [-0.3, -0.25) is 9.29 Å². The molecular weight excluding hydrogens is 428 g/mol.